The lowest BCUT2D eigenvalue weighted by Gasteiger charge is -2.29. The maximum Gasteiger partial charge on any atom is 0.315 e. The van der Waals surface area contributed by atoms with Gasteiger partial charge in [0.15, 0.2) is 0 Å². The standard InChI is InChI=1S/C16H25N3O2/c1-3-11-17-14-9-7-10-15(16(14)19(20)21)18-12-6-4-5-8-13(18)2/h7,9-10,13,17H,3-6,8,11-12H2,1-2H3. The summed E-state index contributed by atoms with van der Waals surface area (Å²) in [6.45, 7) is 5.87. The van der Waals surface area contributed by atoms with Gasteiger partial charge in [0.2, 0.25) is 0 Å². The molecule has 1 aromatic carbocycles. The molecule has 0 radical (unpaired) electrons. The minimum Gasteiger partial charge on any atom is -0.379 e. The van der Waals surface area contributed by atoms with Gasteiger partial charge in [-0.3, -0.25) is 10.1 Å². The molecule has 0 aliphatic carbocycles. The summed E-state index contributed by atoms with van der Waals surface area (Å²) in [5, 5.41) is 14.8. The summed E-state index contributed by atoms with van der Waals surface area (Å²) < 4.78 is 0. The minimum absolute atomic E-state index is 0.222. The molecular weight excluding hydrogens is 266 g/mol. The quantitative estimate of drug-likeness (QED) is 0.653. The van der Waals surface area contributed by atoms with E-state index in [4.69, 9.17) is 0 Å². The molecule has 1 aromatic rings. The smallest absolute Gasteiger partial charge is 0.315 e. The summed E-state index contributed by atoms with van der Waals surface area (Å²) in [5.74, 6) is 0. The number of hydrogen-bond acceptors (Lipinski definition) is 4. The van der Waals surface area contributed by atoms with E-state index >= 15 is 0 Å². The van der Waals surface area contributed by atoms with E-state index in [2.05, 4.69) is 24.1 Å². The van der Waals surface area contributed by atoms with Gasteiger partial charge in [0.1, 0.15) is 11.4 Å². The van der Waals surface area contributed by atoms with Crippen LogP contribution in [0.5, 0.6) is 0 Å². The fourth-order valence-electron chi connectivity index (χ4n) is 2.99. The van der Waals surface area contributed by atoms with Crippen LogP contribution in [0.3, 0.4) is 0 Å². The van der Waals surface area contributed by atoms with E-state index in [0.29, 0.717) is 11.7 Å². The molecule has 21 heavy (non-hydrogen) atoms. The van der Waals surface area contributed by atoms with Crippen LogP contribution in [-0.2, 0) is 0 Å². The molecule has 1 saturated heterocycles. The first kappa shape index (κ1) is 15.6. The lowest BCUT2D eigenvalue weighted by molar-refractivity contribution is -0.383. The van der Waals surface area contributed by atoms with Crippen LogP contribution in [0.2, 0.25) is 0 Å². The molecule has 1 unspecified atom stereocenters. The minimum atomic E-state index is -0.245. The van der Waals surface area contributed by atoms with Crippen LogP contribution in [-0.4, -0.2) is 24.1 Å². The number of nitro groups is 1. The first-order chi connectivity index (χ1) is 10.1. The summed E-state index contributed by atoms with van der Waals surface area (Å²) in [7, 11) is 0. The number of benzene rings is 1. The highest BCUT2D eigenvalue weighted by Gasteiger charge is 2.27. The van der Waals surface area contributed by atoms with Gasteiger partial charge in [-0.05, 0) is 38.3 Å². The van der Waals surface area contributed by atoms with Crippen LogP contribution in [0.1, 0.15) is 46.0 Å². The first-order valence-corrected chi connectivity index (χ1v) is 7.93. The van der Waals surface area contributed by atoms with Gasteiger partial charge in [-0.15, -0.1) is 0 Å². The highest BCUT2D eigenvalue weighted by atomic mass is 16.6. The Hall–Kier alpha value is -1.78. The first-order valence-electron chi connectivity index (χ1n) is 7.93. The zero-order chi connectivity index (χ0) is 15.2. The van der Waals surface area contributed by atoms with Crippen molar-refractivity contribution in [2.45, 2.75) is 52.0 Å². The largest absolute Gasteiger partial charge is 0.379 e. The normalized spacial score (nSPS) is 19.1. The predicted molar refractivity (Wildman–Crippen MR) is 87.2 cm³/mol. The third-order valence-electron chi connectivity index (χ3n) is 4.13. The van der Waals surface area contributed by atoms with Crippen LogP contribution in [0.15, 0.2) is 18.2 Å². The Balaban J connectivity index is 2.39. The van der Waals surface area contributed by atoms with Gasteiger partial charge in [0.25, 0.3) is 0 Å². The molecule has 0 saturated carbocycles. The monoisotopic (exact) mass is 291 g/mol. The predicted octanol–water partition coefficient (Wildman–Crippen LogP) is 4.19. The average Bonchev–Trinajstić information content (AvgIpc) is 2.69. The van der Waals surface area contributed by atoms with E-state index in [1.165, 1.54) is 12.8 Å². The van der Waals surface area contributed by atoms with E-state index in [9.17, 15) is 10.1 Å². The third kappa shape index (κ3) is 3.65. The van der Waals surface area contributed by atoms with Crippen LogP contribution < -0.4 is 10.2 Å². The molecule has 1 fully saturated rings. The molecule has 116 valence electrons. The number of nitro benzene ring substituents is 1. The van der Waals surface area contributed by atoms with Gasteiger partial charge in [0.05, 0.1) is 4.92 Å². The molecule has 0 bridgehead atoms. The molecule has 5 heteroatoms. The van der Waals surface area contributed by atoms with E-state index < -0.39 is 0 Å². The Bertz CT molecular complexity index is 490. The van der Waals surface area contributed by atoms with Crippen LogP contribution in [0.4, 0.5) is 17.1 Å². The lowest BCUT2D eigenvalue weighted by atomic mass is 10.1. The molecule has 2 rings (SSSR count). The second-order valence-corrected chi connectivity index (χ2v) is 5.75. The van der Waals surface area contributed by atoms with Crippen molar-refractivity contribution in [1.82, 2.24) is 0 Å². The Morgan fingerprint density at radius 3 is 2.90 bits per heavy atom. The summed E-state index contributed by atoms with van der Waals surface area (Å²) in [6, 6.07) is 5.96. The molecule has 1 aliphatic rings. The highest BCUT2D eigenvalue weighted by molar-refractivity contribution is 5.77. The molecule has 1 N–H and O–H groups in total. The second kappa shape index (κ2) is 7.29. The Labute approximate surface area is 126 Å². The van der Waals surface area contributed by atoms with Gasteiger partial charge >= 0.3 is 5.69 Å². The SMILES string of the molecule is CCCNc1cccc(N2CCCCCC2C)c1[N+](=O)[O-]. The van der Waals surface area contributed by atoms with Gasteiger partial charge in [-0.2, -0.15) is 0 Å². The summed E-state index contributed by atoms with van der Waals surface area (Å²) >= 11 is 0. The van der Waals surface area contributed by atoms with Gasteiger partial charge < -0.3 is 10.2 Å². The van der Waals surface area contributed by atoms with Crippen molar-refractivity contribution in [2.24, 2.45) is 0 Å². The maximum atomic E-state index is 11.6. The van der Waals surface area contributed by atoms with Crippen LogP contribution >= 0.6 is 0 Å². The Kier molecular flexibility index (Phi) is 5.42. The van der Waals surface area contributed by atoms with Crippen molar-refractivity contribution < 1.29 is 4.92 Å². The Morgan fingerprint density at radius 1 is 1.38 bits per heavy atom. The molecule has 1 atom stereocenters. The highest BCUT2D eigenvalue weighted by Crippen LogP contribution is 2.37. The molecule has 5 nitrogen and oxygen atoms in total. The molecular formula is C16H25N3O2. The molecule has 1 aliphatic heterocycles. The number of hydrogen-bond donors (Lipinski definition) is 1. The van der Waals surface area contributed by atoms with Crippen molar-refractivity contribution in [3.05, 3.63) is 28.3 Å². The number of nitrogens with one attached hydrogen (secondary N) is 1. The van der Waals surface area contributed by atoms with Crippen molar-refractivity contribution >= 4 is 17.1 Å². The van der Waals surface area contributed by atoms with Gasteiger partial charge in [-0.25, -0.2) is 0 Å². The summed E-state index contributed by atoms with van der Waals surface area (Å²) in [5.41, 5.74) is 1.62. The zero-order valence-electron chi connectivity index (χ0n) is 13.0. The topological polar surface area (TPSA) is 58.4 Å². The lowest BCUT2D eigenvalue weighted by Crippen LogP contribution is -2.33. The number of rotatable bonds is 5. The molecule has 1 heterocycles. The summed E-state index contributed by atoms with van der Waals surface area (Å²) in [6.07, 6.45) is 5.57. The second-order valence-electron chi connectivity index (χ2n) is 5.75. The van der Waals surface area contributed by atoms with Crippen LogP contribution in [0, 0.1) is 10.1 Å². The fourth-order valence-corrected chi connectivity index (χ4v) is 2.99. The third-order valence-corrected chi connectivity index (χ3v) is 4.13. The Morgan fingerprint density at radius 2 is 2.19 bits per heavy atom. The van der Waals surface area contributed by atoms with E-state index in [1.807, 2.05) is 12.1 Å². The average molecular weight is 291 g/mol. The molecule has 0 amide bonds. The molecule has 0 spiro atoms. The van der Waals surface area contributed by atoms with Crippen molar-refractivity contribution in [1.29, 1.82) is 0 Å². The van der Waals surface area contributed by atoms with E-state index in [0.717, 1.165) is 38.0 Å². The van der Waals surface area contributed by atoms with Gasteiger partial charge in [0, 0.05) is 19.1 Å². The van der Waals surface area contributed by atoms with Gasteiger partial charge in [-0.1, -0.05) is 25.8 Å². The van der Waals surface area contributed by atoms with E-state index in [1.54, 1.807) is 6.07 Å². The van der Waals surface area contributed by atoms with Crippen molar-refractivity contribution in [3.8, 4) is 0 Å². The fraction of sp³-hybridized carbons (Fsp3) is 0.625. The molecule has 0 aromatic heterocycles. The van der Waals surface area contributed by atoms with E-state index in [-0.39, 0.29) is 10.6 Å². The number of nitrogens with zero attached hydrogens (tertiary/aromatic N) is 2. The summed E-state index contributed by atoms with van der Waals surface area (Å²) in [4.78, 5) is 13.5. The van der Waals surface area contributed by atoms with Crippen molar-refractivity contribution in [2.75, 3.05) is 23.3 Å². The number of para-hydroxylation sites is 1. The van der Waals surface area contributed by atoms with Crippen molar-refractivity contribution in [3.63, 3.8) is 0 Å². The maximum absolute atomic E-state index is 11.6. The number of anilines is 2. The van der Waals surface area contributed by atoms with Crippen LogP contribution in [0.25, 0.3) is 0 Å². The zero-order valence-corrected chi connectivity index (χ0v) is 13.0.